The van der Waals surface area contributed by atoms with Crippen LogP contribution in [0.1, 0.15) is 11.1 Å². The summed E-state index contributed by atoms with van der Waals surface area (Å²) in [6, 6.07) is 15.5. The molecule has 2 aromatic carbocycles. The van der Waals surface area contributed by atoms with Crippen LogP contribution in [0.5, 0.6) is 0 Å². The van der Waals surface area contributed by atoms with Crippen molar-refractivity contribution in [1.82, 2.24) is 19.4 Å². The Hall–Kier alpha value is -2.64. The SMILES string of the molecule is CN(Cc1ccccc1)Cc1ccc2c(c1)c1ncnc(Cl)c1n2CC(F)(F)F. The lowest BCUT2D eigenvalue weighted by atomic mass is 10.1. The fourth-order valence-electron chi connectivity index (χ4n) is 3.63. The van der Waals surface area contributed by atoms with E-state index in [0.29, 0.717) is 23.0 Å². The van der Waals surface area contributed by atoms with E-state index in [-0.39, 0.29) is 10.7 Å². The number of aromatic nitrogens is 3. The van der Waals surface area contributed by atoms with Crippen LogP contribution < -0.4 is 0 Å². The maximum Gasteiger partial charge on any atom is 0.406 e. The Labute approximate surface area is 170 Å². The molecule has 0 radical (unpaired) electrons. The first-order valence-corrected chi connectivity index (χ1v) is 9.40. The Morgan fingerprint density at radius 2 is 1.72 bits per heavy atom. The van der Waals surface area contributed by atoms with E-state index in [2.05, 4.69) is 27.0 Å². The summed E-state index contributed by atoms with van der Waals surface area (Å²) >= 11 is 6.13. The molecule has 0 N–H and O–H groups in total. The van der Waals surface area contributed by atoms with Gasteiger partial charge in [0.1, 0.15) is 23.9 Å². The first kappa shape index (κ1) is 19.7. The largest absolute Gasteiger partial charge is 0.406 e. The van der Waals surface area contributed by atoms with Crippen molar-refractivity contribution in [2.45, 2.75) is 25.8 Å². The average molecular weight is 419 g/mol. The zero-order chi connectivity index (χ0) is 20.6. The maximum atomic E-state index is 13.2. The summed E-state index contributed by atoms with van der Waals surface area (Å²) in [5.74, 6) is 0. The van der Waals surface area contributed by atoms with Gasteiger partial charge >= 0.3 is 6.18 Å². The van der Waals surface area contributed by atoms with Crippen LogP contribution in [0.2, 0.25) is 5.15 Å². The van der Waals surface area contributed by atoms with Crippen LogP contribution in [0, 0.1) is 0 Å². The summed E-state index contributed by atoms with van der Waals surface area (Å²) in [5.41, 5.74) is 3.25. The lowest BCUT2D eigenvalue weighted by Gasteiger charge is -2.17. The van der Waals surface area contributed by atoms with Crippen LogP contribution in [0.15, 0.2) is 54.9 Å². The lowest BCUT2D eigenvalue weighted by molar-refractivity contribution is -0.139. The predicted octanol–water partition coefficient (Wildman–Crippen LogP) is 5.43. The molecule has 29 heavy (non-hydrogen) atoms. The average Bonchev–Trinajstić information content (AvgIpc) is 2.95. The van der Waals surface area contributed by atoms with Crippen molar-refractivity contribution < 1.29 is 13.2 Å². The van der Waals surface area contributed by atoms with Gasteiger partial charge in [0, 0.05) is 18.5 Å². The number of hydrogen-bond donors (Lipinski definition) is 0. The van der Waals surface area contributed by atoms with Crippen LogP contribution in [-0.4, -0.2) is 32.7 Å². The summed E-state index contributed by atoms with van der Waals surface area (Å²) in [6.45, 7) is 0.269. The highest BCUT2D eigenvalue weighted by Crippen LogP contribution is 2.34. The Balaban J connectivity index is 1.72. The van der Waals surface area contributed by atoms with Crippen LogP contribution in [0.3, 0.4) is 0 Å². The van der Waals surface area contributed by atoms with Gasteiger partial charge in [0.05, 0.1) is 5.52 Å². The van der Waals surface area contributed by atoms with E-state index in [1.165, 1.54) is 11.9 Å². The molecule has 0 bridgehead atoms. The number of rotatable bonds is 5. The van der Waals surface area contributed by atoms with E-state index in [0.717, 1.165) is 16.7 Å². The molecule has 0 spiro atoms. The zero-order valence-corrected chi connectivity index (χ0v) is 16.4. The van der Waals surface area contributed by atoms with E-state index in [4.69, 9.17) is 11.6 Å². The number of hydrogen-bond acceptors (Lipinski definition) is 3. The quantitative estimate of drug-likeness (QED) is 0.405. The monoisotopic (exact) mass is 418 g/mol. The summed E-state index contributed by atoms with van der Waals surface area (Å²) in [6.07, 6.45) is -3.11. The molecule has 0 aliphatic rings. The summed E-state index contributed by atoms with van der Waals surface area (Å²) < 4.78 is 40.6. The highest BCUT2D eigenvalue weighted by molar-refractivity contribution is 6.34. The zero-order valence-electron chi connectivity index (χ0n) is 15.6. The molecular formula is C21H18ClF3N4. The molecule has 0 saturated carbocycles. The van der Waals surface area contributed by atoms with Crippen molar-refractivity contribution in [2.24, 2.45) is 0 Å². The lowest BCUT2D eigenvalue weighted by Crippen LogP contribution is -2.18. The maximum absolute atomic E-state index is 13.2. The molecule has 4 nitrogen and oxygen atoms in total. The highest BCUT2D eigenvalue weighted by atomic mass is 35.5. The smallest absolute Gasteiger partial charge is 0.327 e. The van der Waals surface area contributed by atoms with Crippen molar-refractivity contribution in [1.29, 1.82) is 0 Å². The normalized spacial score (nSPS) is 12.3. The van der Waals surface area contributed by atoms with Crippen molar-refractivity contribution >= 4 is 33.5 Å². The summed E-state index contributed by atoms with van der Waals surface area (Å²) in [7, 11) is 2.00. The van der Waals surface area contributed by atoms with Gasteiger partial charge in [0.25, 0.3) is 0 Å². The molecule has 0 unspecified atom stereocenters. The number of alkyl halides is 3. The molecule has 0 saturated heterocycles. The number of nitrogens with zero attached hydrogens (tertiary/aromatic N) is 4. The molecule has 4 aromatic rings. The molecule has 0 aliphatic carbocycles. The van der Waals surface area contributed by atoms with Gasteiger partial charge in [-0.15, -0.1) is 0 Å². The van der Waals surface area contributed by atoms with Gasteiger partial charge in [-0.1, -0.05) is 48.0 Å². The van der Waals surface area contributed by atoms with E-state index >= 15 is 0 Å². The standard InChI is InChI=1S/C21H18ClF3N4/c1-28(10-14-5-3-2-4-6-14)11-15-7-8-17-16(9-15)18-19(20(22)27-13-26-18)29(17)12-21(23,24)25/h2-9,13H,10-12H2,1H3. The van der Waals surface area contributed by atoms with Gasteiger partial charge in [0.2, 0.25) is 0 Å². The Morgan fingerprint density at radius 3 is 2.45 bits per heavy atom. The predicted molar refractivity (Wildman–Crippen MR) is 108 cm³/mol. The van der Waals surface area contributed by atoms with Gasteiger partial charge < -0.3 is 4.57 Å². The van der Waals surface area contributed by atoms with Crippen LogP contribution in [-0.2, 0) is 19.6 Å². The molecule has 8 heteroatoms. The highest BCUT2D eigenvalue weighted by Gasteiger charge is 2.30. The molecule has 2 heterocycles. The third-order valence-electron chi connectivity index (χ3n) is 4.74. The second-order valence-electron chi connectivity index (χ2n) is 7.07. The van der Waals surface area contributed by atoms with Crippen LogP contribution in [0.25, 0.3) is 21.9 Å². The van der Waals surface area contributed by atoms with Gasteiger partial charge in [-0.2, -0.15) is 13.2 Å². The second-order valence-corrected chi connectivity index (χ2v) is 7.43. The Morgan fingerprint density at radius 1 is 1.00 bits per heavy atom. The van der Waals surface area contributed by atoms with Gasteiger partial charge in [0.15, 0.2) is 5.15 Å². The Bertz CT molecular complexity index is 1160. The third-order valence-corrected chi connectivity index (χ3v) is 5.02. The first-order chi connectivity index (χ1) is 13.8. The molecule has 150 valence electrons. The molecule has 0 amide bonds. The van der Waals surface area contributed by atoms with Gasteiger partial charge in [-0.3, -0.25) is 4.90 Å². The Kier molecular flexibility index (Phi) is 5.19. The van der Waals surface area contributed by atoms with E-state index in [9.17, 15) is 13.2 Å². The molecule has 0 fully saturated rings. The van der Waals surface area contributed by atoms with Crippen molar-refractivity contribution in [3.63, 3.8) is 0 Å². The first-order valence-electron chi connectivity index (χ1n) is 9.02. The molecule has 0 atom stereocenters. The fourth-order valence-corrected chi connectivity index (χ4v) is 3.86. The van der Waals surface area contributed by atoms with Crippen LogP contribution in [0.4, 0.5) is 13.2 Å². The van der Waals surface area contributed by atoms with Crippen molar-refractivity contribution in [3.05, 3.63) is 71.1 Å². The minimum absolute atomic E-state index is 0.0122. The van der Waals surface area contributed by atoms with E-state index in [1.807, 2.05) is 37.4 Å². The van der Waals surface area contributed by atoms with E-state index < -0.39 is 12.7 Å². The molecule has 0 aliphatic heterocycles. The number of halogens is 4. The molecule has 4 rings (SSSR count). The minimum Gasteiger partial charge on any atom is -0.327 e. The summed E-state index contributed by atoms with van der Waals surface area (Å²) in [4.78, 5) is 10.2. The minimum atomic E-state index is -4.38. The van der Waals surface area contributed by atoms with Gasteiger partial charge in [-0.05, 0) is 30.3 Å². The van der Waals surface area contributed by atoms with Gasteiger partial charge in [-0.25, -0.2) is 9.97 Å². The van der Waals surface area contributed by atoms with E-state index in [1.54, 1.807) is 6.07 Å². The van der Waals surface area contributed by atoms with Crippen molar-refractivity contribution in [3.8, 4) is 0 Å². The topological polar surface area (TPSA) is 34.0 Å². The molecule has 2 aromatic heterocycles. The second kappa shape index (κ2) is 7.65. The summed E-state index contributed by atoms with van der Waals surface area (Å²) in [5, 5.41) is 0.650. The number of benzene rings is 2. The number of fused-ring (bicyclic) bond motifs is 3. The fraction of sp³-hybridized carbons (Fsp3) is 0.238. The van der Waals surface area contributed by atoms with Crippen LogP contribution >= 0.6 is 11.6 Å². The molecular weight excluding hydrogens is 401 g/mol. The van der Waals surface area contributed by atoms with Crippen molar-refractivity contribution in [2.75, 3.05) is 7.05 Å². The third kappa shape index (κ3) is 4.21.